The van der Waals surface area contributed by atoms with Crippen LogP contribution in [0.1, 0.15) is 33.6 Å². The lowest BCUT2D eigenvalue weighted by molar-refractivity contribution is 0.794. The van der Waals surface area contributed by atoms with Crippen LogP contribution >= 0.6 is 0 Å². The summed E-state index contributed by atoms with van der Waals surface area (Å²) >= 11 is 0. The van der Waals surface area contributed by atoms with Crippen LogP contribution in [0, 0.1) is 13.8 Å². The topological polar surface area (TPSA) is 17.8 Å². The van der Waals surface area contributed by atoms with Gasteiger partial charge >= 0.3 is 0 Å². The third-order valence-corrected chi connectivity index (χ3v) is 9.56. The molecule has 9 rings (SSSR count). The van der Waals surface area contributed by atoms with Crippen LogP contribution < -0.4 is 0 Å². The fourth-order valence-electron chi connectivity index (χ4n) is 8.01. The molecule has 0 N–H and O–H groups in total. The van der Waals surface area contributed by atoms with Crippen molar-refractivity contribution in [3.8, 4) is 39.1 Å². The predicted octanol–water partition coefficient (Wildman–Crippen LogP) is 9.65. The van der Waals surface area contributed by atoms with E-state index in [2.05, 4.69) is 152 Å². The van der Waals surface area contributed by atoms with E-state index >= 15 is 0 Å². The van der Waals surface area contributed by atoms with Gasteiger partial charge in [0.05, 0.1) is 16.8 Å². The monoisotopic (exact) mass is 536 g/mol. The largest absolute Gasteiger partial charge is 0.237 e. The molecule has 0 saturated heterocycles. The summed E-state index contributed by atoms with van der Waals surface area (Å²) in [6, 6.07) is 49.0. The molecule has 1 aromatic heterocycles. The van der Waals surface area contributed by atoms with E-state index in [-0.39, 0.29) is 5.41 Å². The molecule has 0 atom stereocenters. The van der Waals surface area contributed by atoms with Gasteiger partial charge in [0.1, 0.15) is 0 Å². The van der Waals surface area contributed by atoms with E-state index in [1.165, 1.54) is 66.4 Å². The molecule has 42 heavy (non-hydrogen) atoms. The lowest BCUT2D eigenvalue weighted by Crippen LogP contribution is -2.25. The second-order valence-electron chi connectivity index (χ2n) is 11.6. The molecule has 0 fully saturated rings. The van der Waals surface area contributed by atoms with Crippen LogP contribution in [0.4, 0.5) is 0 Å². The van der Waals surface area contributed by atoms with Crippen molar-refractivity contribution in [3.05, 3.63) is 167 Å². The summed E-state index contributed by atoms with van der Waals surface area (Å²) in [4.78, 5) is 0. The first kappa shape index (κ1) is 23.5. The SMILES string of the molecule is Cc1nn(-c2ccccc2)c(C)c1-c1cc2c(c3ccccc13)-c1ccccc1C21c2ccccc2-c2ccccc21. The quantitative estimate of drug-likeness (QED) is 0.215. The highest BCUT2D eigenvalue weighted by Gasteiger charge is 2.52. The standard InChI is InChI=1S/C40H28N2/c1-25-38(26(2)42(41-25)27-14-4-3-5-15-27)33-24-37-39(31-19-7-6-16-28(31)33)32-20-10-13-23-36(32)40(37)34-21-11-8-17-29(34)30-18-9-12-22-35(30)40/h3-24H,1-2H3. The third-order valence-electron chi connectivity index (χ3n) is 9.56. The molecule has 198 valence electrons. The second-order valence-corrected chi connectivity index (χ2v) is 11.6. The fraction of sp³-hybridized carbons (Fsp3) is 0.0750. The minimum Gasteiger partial charge on any atom is -0.237 e. The molecule has 1 heterocycles. The zero-order chi connectivity index (χ0) is 28.0. The molecule has 0 saturated carbocycles. The Morgan fingerprint density at radius 1 is 0.476 bits per heavy atom. The van der Waals surface area contributed by atoms with Gasteiger partial charge in [-0.2, -0.15) is 5.10 Å². The highest BCUT2D eigenvalue weighted by Crippen LogP contribution is 2.64. The minimum absolute atomic E-state index is 0.380. The summed E-state index contributed by atoms with van der Waals surface area (Å²) in [6.45, 7) is 4.35. The first-order valence-corrected chi connectivity index (χ1v) is 14.7. The Hall–Kier alpha value is -5.21. The number of para-hydroxylation sites is 1. The molecule has 2 aliphatic carbocycles. The smallest absolute Gasteiger partial charge is 0.0725 e. The molecule has 2 aliphatic rings. The van der Waals surface area contributed by atoms with Gasteiger partial charge in [-0.25, -0.2) is 4.68 Å². The predicted molar refractivity (Wildman–Crippen MR) is 172 cm³/mol. The lowest BCUT2D eigenvalue weighted by atomic mass is 9.70. The Balaban J connectivity index is 1.45. The summed E-state index contributed by atoms with van der Waals surface area (Å²) in [5, 5.41) is 7.63. The van der Waals surface area contributed by atoms with Crippen molar-refractivity contribution >= 4 is 10.8 Å². The first-order chi connectivity index (χ1) is 20.7. The highest BCUT2D eigenvalue weighted by atomic mass is 15.3. The lowest BCUT2D eigenvalue weighted by Gasteiger charge is -2.31. The van der Waals surface area contributed by atoms with Gasteiger partial charge in [0, 0.05) is 11.3 Å². The zero-order valence-corrected chi connectivity index (χ0v) is 23.6. The molecule has 1 spiro atoms. The van der Waals surface area contributed by atoms with Crippen LogP contribution in [0.25, 0.3) is 49.8 Å². The van der Waals surface area contributed by atoms with Crippen molar-refractivity contribution < 1.29 is 0 Å². The summed E-state index contributed by atoms with van der Waals surface area (Å²) in [5.41, 5.74) is 16.2. The number of aryl methyl sites for hydroxylation is 1. The van der Waals surface area contributed by atoms with Gasteiger partial charge in [0.2, 0.25) is 0 Å². The number of nitrogens with zero attached hydrogens (tertiary/aromatic N) is 2. The molecule has 2 nitrogen and oxygen atoms in total. The average molecular weight is 537 g/mol. The van der Waals surface area contributed by atoms with Crippen molar-refractivity contribution in [1.29, 1.82) is 0 Å². The Kier molecular flexibility index (Phi) is 4.70. The Morgan fingerprint density at radius 2 is 1.00 bits per heavy atom. The van der Waals surface area contributed by atoms with Crippen molar-refractivity contribution in [2.24, 2.45) is 0 Å². The van der Waals surface area contributed by atoms with Gasteiger partial charge in [-0.3, -0.25) is 0 Å². The van der Waals surface area contributed by atoms with E-state index in [0.29, 0.717) is 0 Å². The van der Waals surface area contributed by atoms with Crippen LogP contribution in [-0.4, -0.2) is 9.78 Å². The maximum Gasteiger partial charge on any atom is 0.0725 e. The Bertz CT molecular complexity index is 2170. The number of hydrogen-bond donors (Lipinski definition) is 0. The molecule has 2 heteroatoms. The average Bonchev–Trinajstić information content (AvgIpc) is 3.63. The number of rotatable bonds is 2. The zero-order valence-electron chi connectivity index (χ0n) is 23.6. The van der Waals surface area contributed by atoms with Crippen molar-refractivity contribution in [1.82, 2.24) is 9.78 Å². The molecular weight excluding hydrogens is 508 g/mol. The Labute approximate surface area is 245 Å². The number of hydrogen-bond acceptors (Lipinski definition) is 1. The van der Waals surface area contributed by atoms with Gasteiger partial charge in [-0.05, 0) is 92.9 Å². The van der Waals surface area contributed by atoms with Crippen LogP contribution in [0.3, 0.4) is 0 Å². The van der Waals surface area contributed by atoms with Gasteiger partial charge in [0.25, 0.3) is 0 Å². The third kappa shape index (κ3) is 2.81. The fourth-order valence-corrected chi connectivity index (χ4v) is 8.01. The van der Waals surface area contributed by atoms with Gasteiger partial charge in [-0.1, -0.05) is 115 Å². The van der Waals surface area contributed by atoms with E-state index < -0.39 is 0 Å². The summed E-state index contributed by atoms with van der Waals surface area (Å²) in [7, 11) is 0. The van der Waals surface area contributed by atoms with Crippen molar-refractivity contribution in [3.63, 3.8) is 0 Å². The van der Waals surface area contributed by atoms with Crippen molar-refractivity contribution in [2.45, 2.75) is 19.3 Å². The molecule has 6 aromatic carbocycles. The summed E-state index contributed by atoms with van der Waals surface area (Å²) < 4.78 is 2.09. The molecule has 0 bridgehead atoms. The molecule has 0 radical (unpaired) electrons. The minimum atomic E-state index is -0.380. The van der Waals surface area contributed by atoms with Gasteiger partial charge in [-0.15, -0.1) is 0 Å². The van der Waals surface area contributed by atoms with Crippen LogP contribution in [0.15, 0.2) is 133 Å². The molecule has 7 aromatic rings. The molecule has 0 unspecified atom stereocenters. The Morgan fingerprint density at radius 3 is 1.67 bits per heavy atom. The van der Waals surface area contributed by atoms with Crippen LogP contribution in [-0.2, 0) is 5.41 Å². The molecular formula is C40H28N2. The maximum absolute atomic E-state index is 5.07. The van der Waals surface area contributed by atoms with Gasteiger partial charge < -0.3 is 0 Å². The number of fused-ring (bicyclic) bond motifs is 12. The van der Waals surface area contributed by atoms with E-state index in [1.54, 1.807) is 0 Å². The molecule has 0 aliphatic heterocycles. The second kappa shape index (κ2) is 8.41. The normalized spacial score (nSPS) is 13.7. The van der Waals surface area contributed by atoms with Crippen molar-refractivity contribution in [2.75, 3.05) is 0 Å². The van der Waals surface area contributed by atoms with Crippen LogP contribution in [0.2, 0.25) is 0 Å². The number of aromatic nitrogens is 2. The van der Waals surface area contributed by atoms with Crippen LogP contribution in [0.5, 0.6) is 0 Å². The summed E-state index contributed by atoms with van der Waals surface area (Å²) in [6.07, 6.45) is 0. The summed E-state index contributed by atoms with van der Waals surface area (Å²) in [5.74, 6) is 0. The van der Waals surface area contributed by atoms with E-state index in [1.807, 2.05) is 0 Å². The first-order valence-electron chi connectivity index (χ1n) is 14.7. The van der Waals surface area contributed by atoms with Gasteiger partial charge in [0.15, 0.2) is 0 Å². The van der Waals surface area contributed by atoms with E-state index in [4.69, 9.17) is 5.10 Å². The molecule has 0 amide bonds. The van der Waals surface area contributed by atoms with E-state index in [9.17, 15) is 0 Å². The highest BCUT2D eigenvalue weighted by molar-refractivity contribution is 6.11. The maximum atomic E-state index is 5.07. The van der Waals surface area contributed by atoms with E-state index in [0.717, 1.165) is 17.1 Å². The number of benzene rings is 6.